The SMILES string of the molecule is Cc1cc(C)c(CNC(=O)c2ccc(C3CCc4ccccc4O3)cc2)c(=O)[nH]1. The van der Waals surface area contributed by atoms with Crippen LogP contribution in [0, 0.1) is 13.8 Å². The third-order valence-electron chi connectivity index (χ3n) is 5.38. The fraction of sp³-hybridized carbons (Fsp3) is 0.250. The van der Waals surface area contributed by atoms with Crippen molar-refractivity contribution in [2.45, 2.75) is 39.3 Å². The maximum absolute atomic E-state index is 12.5. The number of H-pyrrole nitrogens is 1. The molecule has 2 aromatic carbocycles. The highest BCUT2D eigenvalue weighted by Crippen LogP contribution is 2.34. The van der Waals surface area contributed by atoms with Gasteiger partial charge < -0.3 is 15.0 Å². The third kappa shape index (κ3) is 4.09. The molecule has 5 heteroatoms. The molecule has 2 N–H and O–H groups in total. The van der Waals surface area contributed by atoms with Crippen molar-refractivity contribution in [1.82, 2.24) is 10.3 Å². The summed E-state index contributed by atoms with van der Waals surface area (Å²) in [5.74, 6) is 0.732. The standard InChI is InChI=1S/C24H24N2O3/c1-15-13-16(2)26-24(28)20(15)14-25-23(27)19-9-7-18(8-10-19)22-12-11-17-5-3-4-6-21(17)29-22/h3-10,13,22H,11-12,14H2,1-2H3,(H,25,27)(H,26,28). The largest absolute Gasteiger partial charge is 0.485 e. The quantitative estimate of drug-likeness (QED) is 0.710. The van der Waals surface area contributed by atoms with Gasteiger partial charge in [0, 0.05) is 23.4 Å². The van der Waals surface area contributed by atoms with Gasteiger partial charge in [0.2, 0.25) is 0 Å². The molecule has 1 aliphatic heterocycles. The van der Waals surface area contributed by atoms with Crippen molar-refractivity contribution in [3.8, 4) is 5.75 Å². The molecule has 1 atom stereocenters. The first-order valence-electron chi connectivity index (χ1n) is 9.83. The van der Waals surface area contributed by atoms with Crippen LogP contribution in [-0.4, -0.2) is 10.9 Å². The predicted molar refractivity (Wildman–Crippen MR) is 112 cm³/mol. The Morgan fingerprint density at radius 2 is 1.90 bits per heavy atom. The number of rotatable bonds is 4. The summed E-state index contributed by atoms with van der Waals surface area (Å²) < 4.78 is 6.12. The second-order valence-electron chi connectivity index (χ2n) is 7.50. The van der Waals surface area contributed by atoms with Crippen LogP contribution in [0.3, 0.4) is 0 Å². The zero-order chi connectivity index (χ0) is 20.4. The Kier molecular flexibility index (Phi) is 5.21. The third-order valence-corrected chi connectivity index (χ3v) is 5.38. The number of nitrogens with one attached hydrogen (secondary N) is 2. The number of para-hydroxylation sites is 1. The molecular formula is C24H24N2O3. The maximum Gasteiger partial charge on any atom is 0.253 e. The normalized spacial score (nSPS) is 15.3. The topological polar surface area (TPSA) is 71.2 Å². The number of ether oxygens (including phenoxy) is 1. The van der Waals surface area contributed by atoms with E-state index in [0.29, 0.717) is 11.1 Å². The molecule has 2 heterocycles. The smallest absolute Gasteiger partial charge is 0.253 e. The van der Waals surface area contributed by atoms with E-state index in [1.54, 1.807) is 12.1 Å². The van der Waals surface area contributed by atoms with Gasteiger partial charge in [-0.1, -0.05) is 30.3 Å². The van der Waals surface area contributed by atoms with Crippen LogP contribution >= 0.6 is 0 Å². The van der Waals surface area contributed by atoms with Gasteiger partial charge in [-0.25, -0.2) is 0 Å². The number of carbonyl (C=O) groups excluding carboxylic acids is 1. The molecule has 1 amide bonds. The molecule has 0 spiro atoms. The second kappa shape index (κ2) is 7.95. The Hall–Kier alpha value is -3.34. The number of hydrogen-bond donors (Lipinski definition) is 2. The zero-order valence-corrected chi connectivity index (χ0v) is 16.6. The van der Waals surface area contributed by atoms with Crippen molar-refractivity contribution in [1.29, 1.82) is 0 Å². The van der Waals surface area contributed by atoms with Gasteiger partial charge in [0.15, 0.2) is 0 Å². The van der Waals surface area contributed by atoms with Crippen LogP contribution in [-0.2, 0) is 13.0 Å². The number of pyridine rings is 1. The monoisotopic (exact) mass is 388 g/mol. The predicted octanol–water partition coefficient (Wildman–Crippen LogP) is 3.99. The molecule has 5 nitrogen and oxygen atoms in total. The zero-order valence-electron chi connectivity index (χ0n) is 16.6. The van der Waals surface area contributed by atoms with E-state index in [4.69, 9.17) is 4.74 Å². The minimum absolute atomic E-state index is 0.00391. The van der Waals surface area contributed by atoms with Gasteiger partial charge in [0.25, 0.3) is 11.5 Å². The molecule has 0 saturated heterocycles. The van der Waals surface area contributed by atoms with E-state index in [1.807, 2.05) is 50.2 Å². The van der Waals surface area contributed by atoms with E-state index >= 15 is 0 Å². The Balaban J connectivity index is 1.42. The van der Waals surface area contributed by atoms with Crippen molar-refractivity contribution < 1.29 is 9.53 Å². The molecule has 0 radical (unpaired) electrons. The first-order chi connectivity index (χ1) is 14.0. The number of aromatic amines is 1. The van der Waals surface area contributed by atoms with Crippen LogP contribution in [0.1, 0.15) is 50.8 Å². The second-order valence-corrected chi connectivity index (χ2v) is 7.50. The summed E-state index contributed by atoms with van der Waals surface area (Å²) in [7, 11) is 0. The van der Waals surface area contributed by atoms with Crippen LogP contribution < -0.4 is 15.6 Å². The molecule has 1 aliphatic rings. The number of benzene rings is 2. The first kappa shape index (κ1) is 19.0. The van der Waals surface area contributed by atoms with Gasteiger partial charge in [0.1, 0.15) is 11.9 Å². The van der Waals surface area contributed by atoms with Crippen LogP contribution in [0.15, 0.2) is 59.4 Å². The number of aromatic nitrogens is 1. The summed E-state index contributed by atoms with van der Waals surface area (Å²) in [5, 5.41) is 2.84. The molecule has 29 heavy (non-hydrogen) atoms. The Morgan fingerprint density at radius 3 is 2.66 bits per heavy atom. The van der Waals surface area contributed by atoms with Crippen molar-refractivity contribution >= 4 is 5.91 Å². The molecule has 0 fully saturated rings. The summed E-state index contributed by atoms with van der Waals surface area (Å²) in [6, 6.07) is 17.5. The highest BCUT2D eigenvalue weighted by atomic mass is 16.5. The van der Waals surface area contributed by atoms with E-state index in [9.17, 15) is 9.59 Å². The molecule has 1 aromatic heterocycles. The van der Waals surface area contributed by atoms with E-state index in [2.05, 4.69) is 16.4 Å². The van der Waals surface area contributed by atoms with Gasteiger partial charge in [0.05, 0.1) is 0 Å². The minimum atomic E-state index is -0.203. The fourth-order valence-corrected chi connectivity index (χ4v) is 3.78. The molecular weight excluding hydrogens is 364 g/mol. The van der Waals surface area contributed by atoms with E-state index < -0.39 is 0 Å². The van der Waals surface area contributed by atoms with Crippen molar-refractivity contribution in [2.24, 2.45) is 0 Å². The Labute approximate surface area is 169 Å². The summed E-state index contributed by atoms with van der Waals surface area (Å²) >= 11 is 0. The highest BCUT2D eigenvalue weighted by Gasteiger charge is 2.21. The molecule has 0 aliphatic carbocycles. The number of amides is 1. The van der Waals surface area contributed by atoms with Crippen molar-refractivity contribution in [2.75, 3.05) is 0 Å². The molecule has 148 valence electrons. The summed E-state index contributed by atoms with van der Waals surface area (Å²) in [4.78, 5) is 27.4. The van der Waals surface area contributed by atoms with Gasteiger partial charge in [-0.2, -0.15) is 0 Å². The summed E-state index contributed by atoms with van der Waals surface area (Å²) in [6.45, 7) is 3.92. The van der Waals surface area contributed by atoms with Gasteiger partial charge in [-0.3, -0.25) is 9.59 Å². The van der Waals surface area contributed by atoms with Crippen LogP contribution in [0.25, 0.3) is 0 Å². The lowest BCUT2D eigenvalue weighted by molar-refractivity contribution is 0.0950. The highest BCUT2D eigenvalue weighted by molar-refractivity contribution is 5.94. The maximum atomic E-state index is 12.5. The van der Waals surface area contributed by atoms with Gasteiger partial charge in [-0.05, 0) is 67.6 Å². The van der Waals surface area contributed by atoms with E-state index in [0.717, 1.165) is 35.4 Å². The van der Waals surface area contributed by atoms with Gasteiger partial charge in [-0.15, -0.1) is 0 Å². The lowest BCUT2D eigenvalue weighted by Crippen LogP contribution is -2.28. The van der Waals surface area contributed by atoms with Crippen LogP contribution in [0.2, 0.25) is 0 Å². The van der Waals surface area contributed by atoms with E-state index in [1.165, 1.54) is 5.56 Å². The number of fused-ring (bicyclic) bond motifs is 1. The fourth-order valence-electron chi connectivity index (χ4n) is 3.78. The van der Waals surface area contributed by atoms with Crippen molar-refractivity contribution in [3.05, 3.63) is 98.5 Å². The minimum Gasteiger partial charge on any atom is -0.485 e. The molecule has 1 unspecified atom stereocenters. The average Bonchev–Trinajstić information content (AvgIpc) is 2.72. The first-order valence-corrected chi connectivity index (χ1v) is 9.83. The van der Waals surface area contributed by atoms with Crippen LogP contribution in [0.5, 0.6) is 5.75 Å². The Bertz CT molecular complexity index is 1100. The molecule has 3 aromatic rings. The Morgan fingerprint density at radius 1 is 1.14 bits per heavy atom. The summed E-state index contributed by atoms with van der Waals surface area (Å²) in [6.07, 6.45) is 1.89. The molecule has 0 bridgehead atoms. The number of aryl methyl sites for hydroxylation is 3. The summed E-state index contributed by atoms with van der Waals surface area (Å²) in [5.41, 5.74) is 4.96. The lowest BCUT2D eigenvalue weighted by Gasteiger charge is -2.26. The molecule has 4 rings (SSSR count). The number of hydrogen-bond acceptors (Lipinski definition) is 3. The number of carbonyl (C=O) groups is 1. The van der Waals surface area contributed by atoms with Crippen LogP contribution in [0.4, 0.5) is 0 Å². The van der Waals surface area contributed by atoms with Gasteiger partial charge >= 0.3 is 0 Å². The lowest BCUT2D eigenvalue weighted by atomic mass is 9.97. The molecule has 0 saturated carbocycles. The van der Waals surface area contributed by atoms with E-state index in [-0.39, 0.29) is 24.1 Å². The average molecular weight is 388 g/mol. The van der Waals surface area contributed by atoms with Crippen molar-refractivity contribution in [3.63, 3.8) is 0 Å².